The van der Waals surface area contributed by atoms with E-state index < -0.39 is 6.10 Å². The fourth-order valence-corrected chi connectivity index (χ4v) is 1.31. The number of hydrogen-bond donors (Lipinski definition) is 3. The van der Waals surface area contributed by atoms with Crippen LogP contribution in [0.2, 0.25) is 0 Å². The maximum absolute atomic E-state index is 9.67. The van der Waals surface area contributed by atoms with Gasteiger partial charge in [-0.15, -0.1) is 0 Å². The lowest BCUT2D eigenvalue weighted by molar-refractivity contribution is 0.181. The Balaban J connectivity index is 3.21. The number of hydrogen-bond acceptors (Lipinski definition) is 4. The molecule has 78 valence electrons. The third-order valence-electron chi connectivity index (χ3n) is 2.05. The van der Waals surface area contributed by atoms with Crippen LogP contribution in [0.1, 0.15) is 17.2 Å². The molecule has 0 bridgehead atoms. The fraction of sp³-hybridized carbons (Fsp3) is 0.400. The van der Waals surface area contributed by atoms with Crippen LogP contribution in [0.4, 0.5) is 0 Å². The molecule has 0 aliphatic carbocycles. The second kappa shape index (κ2) is 4.30. The molecule has 4 N–H and O–H groups in total. The Morgan fingerprint density at radius 1 is 1.50 bits per heavy atom. The van der Waals surface area contributed by atoms with Gasteiger partial charge in [-0.1, -0.05) is 0 Å². The summed E-state index contributed by atoms with van der Waals surface area (Å²) < 4.78 is 4.96. The number of methoxy groups -OCH3 is 1. The molecule has 0 fully saturated rings. The van der Waals surface area contributed by atoms with E-state index in [1.165, 1.54) is 7.11 Å². The van der Waals surface area contributed by atoms with E-state index in [1.807, 2.05) is 6.92 Å². The molecule has 1 atom stereocenters. The van der Waals surface area contributed by atoms with Crippen LogP contribution in [0, 0.1) is 6.92 Å². The molecule has 0 radical (unpaired) electrons. The number of benzene rings is 1. The van der Waals surface area contributed by atoms with Gasteiger partial charge in [0.25, 0.3) is 0 Å². The second-order valence-corrected chi connectivity index (χ2v) is 3.16. The highest BCUT2D eigenvalue weighted by molar-refractivity contribution is 5.49. The van der Waals surface area contributed by atoms with Gasteiger partial charge in [-0.2, -0.15) is 0 Å². The van der Waals surface area contributed by atoms with Crippen LogP contribution in [-0.2, 0) is 0 Å². The first kappa shape index (κ1) is 10.8. The van der Waals surface area contributed by atoms with E-state index in [0.29, 0.717) is 11.3 Å². The zero-order chi connectivity index (χ0) is 10.7. The standard InChI is InChI=1S/C10H15NO3/c1-6-3-7(8(12)5-11)10(13)9(4-6)14-2/h3-4,8,12-13H,5,11H2,1-2H3. The van der Waals surface area contributed by atoms with Crippen LogP contribution < -0.4 is 10.5 Å². The minimum Gasteiger partial charge on any atom is -0.504 e. The topological polar surface area (TPSA) is 75.7 Å². The molecule has 1 aromatic rings. The van der Waals surface area contributed by atoms with Crippen molar-refractivity contribution in [3.8, 4) is 11.5 Å². The van der Waals surface area contributed by atoms with Crippen LogP contribution >= 0.6 is 0 Å². The molecule has 0 amide bonds. The average molecular weight is 197 g/mol. The second-order valence-electron chi connectivity index (χ2n) is 3.16. The van der Waals surface area contributed by atoms with Crippen molar-refractivity contribution in [2.45, 2.75) is 13.0 Å². The number of phenolic OH excluding ortho intramolecular Hbond substituents is 1. The van der Waals surface area contributed by atoms with E-state index in [9.17, 15) is 10.2 Å². The number of aliphatic hydroxyl groups is 1. The summed E-state index contributed by atoms with van der Waals surface area (Å²) in [5.74, 6) is 0.309. The number of phenols is 1. The molecule has 4 heteroatoms. The van der Waals surface area contributed by atoms with Crippen molar-refractivity contribution in [1.82, 2.24) is 0 Å². The molecule has 0 saturated carbocycles. The van der Waals surface area contributed by atoms with Crippen molar-refractivity contribution < 1.29 is 14.9 Å². The highest BCUT2D eigenvalue weighted by Gasteiger charge is 2.15. The Labute approximate surface area is 82.9 Å². The number of rotatable bonds is 3. The van der Waals surface area contributed by atoms with E-state index in [-0.39, 0.29) is 12.3 Å². The third kappa shape index (κ3) is 1.97. The van der Waals surface area contributed by atoms with Crippen molar-refractivity contribution in [3.63, 3.8) is 0 Å². The molecule has 1 rings (SSSR count). The summed E-state index contributed by atoms with van der Waals surface area (Å²) >= 11 is 0. The lowest BCUT2D eigenvalue weighted by Crippen LogP contribution is -2.12. The van der Waals surface area contributed by atoms with Gasteiger partial charge in [0.1, 0.15) is 0 Å². The highest BCUT2D eigenvalue weighted by atomic mass is 16.5. The minimum absolute atomic E-state index is 0.0453. The summed E-state index contributed by atoms with van der Waals surface area (Å²) in [6.45, 7) is 1.93. The van der Waals surface area contributed by atoms with Gasteiger partial charge in [-0.25, -0.2) is 0 Å². The monoisotopic (exact) mass is 197 g/mol. The smallest absolute Gasteiger partial charge is 0.163 e. The van der Waals surface area contributed by atoms with Gasteiger partial charge in [-0.05, 0) is 24.6 Å². The largest absolute Gasteiger partial charge is 0.504 e. The lowest BCUT2D eigenvalue weighted by atomic mass is 10.0. The molecule has 0 aliphatic heterocycles. The third-order valence-corrected chi connectivity index (χ3v) is 2.05. The summed E-state index contributed by atoms with van der Waals surface area (Å²) in [6.07, 6.45) is -0.858. The summed E-state index contributed by atoms with van der Waals surface area (Å²) in [5.41, 5.74) is 6.62. The van der Waals surface area contributed by atoms with Crippen LogP contribution in [0.25, 0.3) is 0 Å². The predicted molar refractivity (Wildman–Crippen MR) is 53.4 cm³/mol. The Bertz CT molecular complexity index is 325. The zero-order valence-electron chi connectivity index (χ0n) is 8.32. The predicted octanol–water partition coefficient (Wildman–Crippen LogP) is 0.701. The Hall–Kier alpha value is -1.26. The number of aliphatic hydroxyl groups excluding tert-OH is 1. The van der Waals surface area contributed by atoms with Gasteiger partial charge in [0.15, 0.2) is 11.5 Å². The van der Waals surface area contributed by atoms with E-state index in [2.05, 4.69) is 0 Å². The lowest BCUT2D eigenvalue weighted by Gasteiger charge is -2.14. The summed E-state index contributed by atoms with van der Waals surface area (Å²) in [7, 11) is 1.47. The molecule has 0 aromatic heterocycles. The van der Waals surface area contributed by atoms with Crippen LogP contribution in [-0.4, -0.2) is 23.9 Å². The highest BCUT2D eigenvalue weighted by Crippen LogP contribution is 2.34. The van der Waals surface area contributed by atoms with Crippen molar-refractivity contribution in [3.05, 3.63) is 23.3 Å². The van der Waals surface area contributed by atoms with Crippen molar-refractivity contribution in [2.24, 2.45) is 5.73 Å². The first-order valence-corrected chi connectivity index (χ1v) is 4.35. The van der Waals surface area contributed by atoms with E-state index in [0.717, 1.165) is 5.56 Å². The van der Waals surface area contributed by atoms with E-state index >= 15 is 0 Å². The molecule has 1 unspecified atom stereocenters. The summed E-state index contributed by atoms with van der Waals surface area (Å²) in [4.78, 5) is 0. The number of nitrogens with two attached hydrogens (primary N) is 1. The Kier molecular flexibility index (Phi) is 3.33. The molecular weight excluding hydrogens is 182 g/mol. The van der Waals surface area contributed by atoms with Crippen molar-refractivity contribution in [1.29, 1.82) is 0 Å². The van der Waals surface area contributed by atoms with E-state index in [1.54, 1.807) is 12.1 Å². The van der Waals surface area contributed by atoms with Gasteiger partial charge in [0.2, 0.25) is 0 Å². The molecule has 0 heterocycles. The minimum atomic E-state index is -0.858. The maximum atomic E-state index is 9.67. The van der Waals surface area contributed by atoms with Gasteiger partial charge >= 0.3 is 0 Å². The van der Waals surface area contributed by atoms with Crippen LogP contribution in [0.15, 0.2) is 12.1 Å². The molecule has 1 aromatic carbocycles. The first-order chi connectivity index (χ1) is 6.60. The zero-order valence-corrected chi connectivity index (χ0v) is 8.32. The molecule has 0 spiro atoms. The van der Waals surface area contributed by atoms with Gasteiger partial charge in [0, 0.05) is 12.1 Å². The SMILES string of the molecule is COc1cc(C)cc(C(O)CN)c1O. The van der Waals surface area contributed by atoms with Gasteiger partial charge in [-0.3, -0.25) is 0 Å². The fourth-order valence-electron chi connectivity index (χ4n) is 1.31. The van der Waals surface area contributed by atoms with E-state index in [4.69, 9.17) is 10.5 Å². The average Bonchev–Trinajstić information content (AvgIpc) is 2.19. The summed E-state index contributed by atoms with van der Waals surface area (Å²) in [6, 6.07) is 3.39. The van der Waals surface area contributed by atoms with Crippen molar-refractivity contribution >= 4 is 0 Å². The van der Waals surface area contributed by atoms with Gasteiger partial charge in [0.05, 0.1) is 13.2 Å². The first-order valence-electron chi connectivity index (χ1n) is 4.35. The number of aryl methyl sites for hydroxylation is 1. The van der Waals surface area contributed by atoms with Crippen LogP contribution in [0.5, 0.6) is 11.5 Å². The molecular formula is C10H15NO3. The Morgan fingerprint density at radius 3 is 2.64 bits per heavy atom. The normalized spacial score (nSPS) is 12.6. The molecule has 0 saturated heterocycles. The summed E-state index contributed by atoms with van der Waals surface area (Å²) in [5, 5.41) is 19.2. The molecule has 0 aliphatic rings. The molecule has 14 heavy (non-hydrogen) atoms. The number of ether oxygens (including phenoxy) is 1. The van der Waals surface area contributed by atoms with Crippen LogP contribution in [0.3, 0.4) is 0 Å². The molecule has 4 nitrogen and oxygen atoms in total. The van der Waals surface area contributed by atoms with Crippen molar-refractivity contribution in [2.75, 3.05) is 13.7 Å². The maximum Gasteiger partial charge on any atom is 0.163 e. The number of aromatic hydroxyl groups is 1. The quantitative estimate of drug-likeness (QED) is 0.666. The van der Waals surface area contributed by atoms with Gasteiger partial charge < -0.3 is 20.7 Å². The Morgan fingerprint density at radius 2 is 2.14 bits per heavy atom.